The Morgan fingerprint density at radius 2 is 2.00 bits per heavy atom. The summed E-state index contributed by atoms with van der Waals surface area (Å²) in [5.41, 5.74) is 7.41. The highest BCUT2D eigenvalue weighted by Gasteiger charge is 2.05. The van der Waals surface area contributed by atoms with Crippen molar-refractivity contribution in [2.45, 2.75) is 18.9 Å². The quantitative estimate of drug-likeness (QED) is 0.404. The minimum atomic E-state index is -1.23. The standard InChI is InChI=1S/C13H18N2O3/c1-15(18-2)8-7-10-3-5-11(6-4-10)9-12(14)13(16)17/h3-6,8,12H,7,9,14H2,1-2H3/b15-8+. The lowest BCUT2D eigenvalue weighted by Gasteiger charge is -2.12. The number of rotatable bonds is 6. The molecule has 0 bridgehead atoms. The zero-order chi connectivity index (χ0) is 13.5. The number of hydrogen-bond acceptors (Lipinski definition) is 4. The molecule has 0 aromatic heterocycles. The van der Waals surface area contributed by atoms with Crippen LogP contribution in [0.25, 0.3) is 0 Å². The lowest BCUT2D eigenvalue weighted by Crippen LogP contribution is -2.43. The number of benzene rings is 1. The second-order valence-electron chi connectivity index (χ2n) is 4.06. The molecule has 0 heterocycles. The first-order chi connectivity index (χ1) is 8.52. The van der Waals surface area contributed by atoms with Gasteiger partial charge < -0.3 is 15.6 Å². The van der Waals surface area contributed by atoms with Crippen molar-refractivity contribution < 1.29 is 19.5 Å². The number of carbonyl (C=O) groups excluding carboxylic acids is 1. The van der Waals surface area contributed by atoms with E-state index in [9.17, 15) is 9.90 Å². The topological polar surface area (TPSA) is 78.4 Å². The van der Waals surface area contributed by atoms with Crippen LogP contribution in [0.3, 0.4) is 0 Å². The molecule has 18 heavy (non-hydrogen) atoms. The lowest BCUT2D eigenvalue weighted by atomic mass is 10.0. The molecule has 0 radical (unpaired) electrons. The van der Waals surface area contributed by atoms with Crippen molar-refractivity contribution in [3.8, 4) is 0 Å². The number of carbonyl (C=O) groups is 1. The van der Waals surface area contributed by atoms with Crippen LogP contribution in [-0.4, -0.2) is 37.1 Å². The maximum Gasteiger partial charge on any atom is 0.196 e. The SMILES string of the molecule is CO/[N+](C)=C/Cc1ccc(CC(N)C(=O)[O-])cc1. The summed E-state index contributed by atoms with van der Waals surface area (Å²) in [4.78, 5) is 15.5. The third-order valence-electron chi connectivity index (χ3n) is 2.65. The Morgan fingerprint density at radius 1 is 1.44 bits per heavy atom. The van der Waals surface area contributed by atoms with Gasteiger partial charge in [0.25, 0.3) is 0 Å². The van der Waals surface area contributed by atoms with Crippen molar-refractivity contribution in [2.75, 3.05) is 14.2 Å². The molecule has 1 rings (SSSR count). The van der Waals surface area contributed by atoms with Crippen molar-refractivity contribution in [3.63, 3.8) is 0 Å². The first kappa shape index (κ1) is 14.2. The maximum absolute atomic E-state index is 10.5. The van der Waals surface area contributed by atoms with Crippen LogP contribution < -0.4 is 10.8 Å². The second-order valence-corrected chi connectivity index (χ2v) is 4.06. The smallest absolute Gasteiger partial charge is 0.196 e. The predicted molar refractivity (Wildman–Crippen MR) is 66.1 cm³/mol. The van der Waals surface area contributed by atoms with E-state index in [2.05, 4.69) is 0 Å². The van der Waals surface area contributed by atoms with Gasteiger partial charge in [0.1, 0.15) is 7.11 Å². The van der Waals surface area contributed by atoms with E-state index in [1.165, 1.54) is 0 Å². The fourth-order valence-electron chi connectivity index (χ4n) is 1.46. The summed E-state index contributed by atoms with van der Waals surface area (Å²) in [6, 6.07) is 6.67. The summed E-state index contributed by atoms with van der Waals surface area (Å²) in [5.74, 6) is -1.23. The highest BCUT2D eigenvalue weighted by molar-refractivity contribution is 5.71. The van der Waals surface area contributed by atoms with Crippen LogP contribution >= 0.6 is 0 Å². The minimum Gasteiger partial charge on any atom is -0.548 e. The number of hydrogen-bond donors (Lipinski definition) is 1. The molecule has 2 N–H and O–H groups in total. The summed E-state index contributed by atoms with van der Waals surface area (Å²) in [6.45, 7) is 0. The molecule has 0 aliphatic heterocycles. The van der Waals surface area contributed by atoms with Crippen LogP contribution in [0.4, 0.5) is 0 Å². The van der Waals surface area contributed by atoms with E-state index in [4.69, 9.17) is 10.6 Å². The van der Waals surface area contributed by atoms with Crippen molar-refractivity contribution in [1.29, 1.82) is 0 Å². The number of carboxylic acid groups (broad SMARTS) is 1. The molecule has 1 unspecified atom stereocenters. The Bertz CT molecular complexity index is 426. The van der Waals surface area contributed by atoms with Gasteiger partial charge in [0.05, 0.1) is 12.4 Å². The molecule has 98 valence electrons. The van der Waals surface area contributed by atoms with Gasteiger partial charge in [0.15, 0.2) is 13.3 Å². The predicted octanol–water partition coefficient (Wildman–Crippen LogP) is -0.877. The van der Waals surface area contributed by atoms with E-state index in [0.717, 1.165) is 17.5 Å². The van der Waals surface area contributed by atoms with Gasteiger partial charge in [-0.1, -0.05) is 24.3 Å². The summed E-state index contributed by atoms with van der Waals surface area (Å²) < 4.78 is 1.62. The fraction of sp³-hybridized carbons (Fsp3) is 0.385. The van der Waals surface area contributed by atoms with Crippen LogP contribution in [0.1, 0.15) is 11.1 Å². The summed E-state index contributed by atoms with van der Waals surface area (Å²) in [6.07, 6.45) is 2.93. The van der Waals surface area contributed by atoms with Gasteiger partial charge in [-0.25, -0.2) is 0 Å². The first-order valence-electron chi connectivity index (χ1n) is 5.67. The van der Waals surface area contributed by atoms with Crippen LogP contribution in [0, 0.1) is 0 Å². The Morgan fingerprint density at radius 3 is 2.50 bits per heavy atom. The highest BCUT2D eigenvalue weighted by Crippen LogP contribution is 2.06. The molecule has 1 atom stereocenters. The molecule has 0 saturated heterocycles. The van der Waals surface area contributed by atoms with Crippen LogP contribution in [0.5, 0.6) is 0 Å². The van der Waals surface area contributed by atoms with Gasteiger partial charge >= 0.3 is 0 Å². The number of nitrogens with two attached hydrogens (primary N) is 1. The molecule has 0 aliphatic carbocycles. The molecule has 0 fully saturated rings. The molecular weight excluding hydrogens is 232 g/mol. The molecule has 0 spiro atoms. The third kappa shape index (κ3) is 4.55. The molecule has 0 amide bonds. The first-order valence-corrected chi connectivity index (χ1v) is 5.67. The van der Waals surface area contributed by atoms with Crippen LogP contribution in [-0.2, 0) is 22.5 Å². The summed E-state index contributed by atoms with van der Waals surface area (Å²) >= 11 is 0. The number of carboxylic acids is 1. The van der Waals surface area contributed by atoms with Crippen molar-refractivity contribution in [1.82, 2.24) is 0 Å². The molecule has 5 heteroatoms. The Balaban J connectivity index is 2.60. The maximum atomic E-state index is 10.5. The highest BCUT2D eigenvalue weighted by atomic mass is 16.6. The van der Waals surface area contributed by atoms with E-state index < -0.39 is 12.0 Å². The zero-order valence-corrected chi connectivity index (χ0v) is 10.6. The second kappa shape index (κ2) is 6.76. The third-order valence-corrected chi connectivity index (χ3v) is 2.65. The molecule has 5 nitrogen and oxygen atoms in total. The molecular formula is C13H18N2O3. The minimum absolute atomic E-state index is 0.282. The Labute approximate surface area is 106 Å². The monoisotopic (exact) mass is 250 g/mol. The van der Waals surface area contributed by atoms with Gasteiger partial charge in [0.2, 0.25) is 0 Å². The Hall–Kier alpha value is -1.88. The van der Waals surface area contributed by atoms with E-state index in [1.807, 2.05) is 37.5 Å². The van der Waals surface area contributed by atoms with Gasteiger partial charge in [-0.15, -0.1) is 0 Å². The Kier molecular flexibility index (Phi) is 5.32. The van der Waals surface area contributed by atoms with E-state index in [1.54, 1.807) is 11.8 Å². The molecule has 1 aromatic carbocycles. The van der Waals surface area contributed by atoms with E-state index in [-0.39, 0.29) is 6.42 Å². The number of hydroxylamine groups is 1. The van der Waals surface area contributed by atoms with Gasteiger partial charge in [-0.3, -0.25) is 4.84 Å². The van der Waals surface area contributed by atoms with Gasteiger partial charge in [0, 0.05) is 6.04 Å². The average molecular weight is 250 g/mol. The van der Waals surface area contributed by atoms with E-state index in [0.29, 0.717) is 0 Å². The largest absolute Gasteiger partial charge is 0.548 e. The van der Waals surface area contributed by atoms with Crippen LogP contribution in [0.2, 0.25) is 0 Å². The van der Waals surface area contributed by atoms with Gasteiger partial charge in [-0.2, -0.15) is 0 Å². The van der Waals surface area contributed by atoms with Crippen molar-refractivity contribution in [2.24, 2.45) is 5.73 Å². The van der Waals surface area contributed by atoms with Crippen LogP contribution in [0.15, 0.2) is 24.3 Å². The lowest BCUT2D eigenvalue weighted by molar-refractivity contribution is -0.758. The molecule has 0 saturated carbocycles. The normalized spacial score (nSPS) is 13.2. The molecule has 1 aromatic rings. The number of nitrogens with zero attached hydrogens (tertiary/aromatic N) is 1. The summed E-state index contributed by atoms with van der Waals surface area (Å²) in [7, 11) is 3.41. The van der Waals surface area contributed by atoms with Gasteiger partial charge in [-0.05, 0) is 22.3 Å². The number of aliphatic carboxylic acids is 1. The van der Waals surface area contributed by atoms with E-state index >= 15 is 0 Å². The van der Waals surface area contributed by atoms with Crippen molar-refractivity contribution >= 4 is 12.2 Å². The summed E-state index contributed by atoms with van der Waals surface area (Å²) in [5, 5.41) is 10.5. The van der Waals surface area contributed by atoms with Crippen molar-refractivity contribution in [3.05, 3.63) is 35.4 Å². The zero-order valence-electron chi connectivity index (χ0n) is 10.6. The fourth-order valence-corrected chi connectivity index (χ4v) is 1.46. The average Bonchev–Trinajstić information content (AvgIpc) is 2.37. The molecule has 0 aliphatic rings.